The van der Waals surface area contributed by atoms with Gasteiger partial charge in [0, 0.05) is 28.2 Å². The fourth-order valence-corrected chi connectivity index (χ4v) is 3.72. The Labute approximate surface area is 171 Å². The number of phenols is 2. The molecule has 0 aliphatic heterocycles. The Morgan fingerprint density at radius 3 is 1.97 bits per heavy atom. The average molecular weight is 424 g/mol. The molecule has 8 nitrogen and oxygen atoms in total. The van der Waals surface area contributed by atoms with Gasteiger partial charge in [-0.15, -0.1) is 0 Å². The molecule has 2 amide bonds. The Balaban J connectivity index is 1.58. The van der Waals surface area contributed by atoms with Crippen LogP contribution in [0.3, 0.4) is 0 Å². The first-order chi connectivity index (χ1) is 14.2. The van der Waals surface area contributed by atoms with Gasteiger partial charge in [0.25, 0.3) is 10.1 Å². The van der Waals surface area contributed by atoms with E-state index in [1.54, 1.807) is 42.5 Å². The zero-order valence-corrected chi connectivity index (χ0v) is 16.1. The fraction of sp³-hybridized carbons (Fsp3) is 0. The first kappa shape index (κ1) is 19.5. The predicted molar refractivity (Wildman–Crippen MR) is 114 cm³/mol. The van der Waals surface area contributed by atoms with Crippen molar-refractivity contribution in [1.29, 1.82) is 0 Å². The van der Waals surface area contributed by atoms with Gasteiger partial charge in [0.15, 0.2) is 0 Å². The minimum absolute atomic E-state index is 0.146. The molecule has 4 aromatic carbocycles. The number of benzene rings is 4. The maximum absolute atomic E-state index is 12.4. The van der Waals surface area contributed by atoms with Crippen LogP contribution in [0.15, 0.2) is 71.6 Å². The van der Waals surface area contributed by atoms with Crippen molar-refractivity contribution in [3.05, 3.63) is 66.7 Å². The Morgan fingerprint density at radius 1 is 0.733 bits per heavy atom. The second-order valence-corrected chi connectivity index (χ2v) is 8.07. The third-order valence-corrected chi connectivity index (χ3v) is 5.41. The molecule has 0 spiro atoms. The van der Waals surface area contributed by atoms with E-state index in [0.29, 0.717) is 27.5 Å². The van der Waals surface area contributed by atoms with E-state index in [0.717, 1.165) is 11.5 Å². The largest absolute Gasteiger partial charge is 0.507 e. The van der Waals surface area contributed by atoms with Gasteiger partial charge in [-0.25, -0.2) is 4.79 Å². The molecular formula is C21H16N2O6S. The summed E-state index contributed by atoms with van der Waals surface area (Å²) in [5.41, 5.74) is 0.864. The molecule has 0 saturated heterocycles. The Bertz CT molecular complexity index is 1420. The van der Waals surface area contributed by atoms with E-state index in [9.17, 15) is 28.0 Å². The van der Waals surface area contributed by atoms with Crippen LogP contribution in [-0.4, -0.2) is 29.2 Å². The topological polar surface area (TPSA) is 136 Å². The van der Waals surface area contributed by atoms with Crippen LogP contribution in [0.4, 0.5) is 16.2 Å². The first-order valence-corrected chi connectivity index (χ1v) is 10.2. The smallest absolute Gasteiger partial charge is 0.323 e. The average Bonchev–Trinajstić information content (AvgIpc) is 2.67. The lowest BCUT2D eigenvalue weighted by Crippen LogP contribution is -2.19. The number of phenolic OH excluding ortho intramolecular Hbond substituents is 2. The highest BCUT2D eigenvalue weighted by atomic mass is 32.2. The summed E-state index contributed by atoms with van der Waals surface area (Å²) in [4.78, 5) is 11.9. The van der Waals surface area contributed by atoms with E-state index in [4.69, 9.17) is 0 Å². The van der Waals surface area contributed by atoms with Gasteiger partial charge < -0.3 is 20.8 Å². The standard InChI is InChI=1S/C21H16N2O6S/c24-19-3-1-2-12-8-14(4-6-17(12)19)22-21(26)23-15-5-7-18-13(9-15)10-16(11-20(18)25)30(27,28)29/h1-11,24-25H,(H2,22,23,26)(H,27,28,29). The van der Waals surface area contributed by atoms with Crippen LogP contribution in [0.25, 0.3) is 21.5 Å². The quantitative estimate of drug-likeness (QED) is 0.311. The zero-order chi connectivity index (χ0) is 21.5. The van der Waals surface area contributed by atoms with E-state index >= 15 is 0 Å². The van der Waals surface area contributed by atoms with Gasteiger partial charge in [0.05, 0.1) is 4.90 Å². The molecule has 0 fully saturated rings. The third kappa shape index (κ3) is 3.84. The van der Waals surface area contributed by atoms with E-state index in [1.807, 2.05) is 0 Å². The fourth-order valence-electron chi connectivity index (χ4n) is 3.19. The van der Waals surface area contributed by atoms with Gasteiger partial charge in [-0.1, -0.05) is 12.1 Å². The predicted octanol–water partition coefficient (Wildman–Crippen LogP) is 4.29. The molecule has 152 valence electrons. The van der Waals surface area contributed by atoms with Crippen molar-refractivity contribution < 1.29 is 28.0 Å². The number of aromatic hydroxyl groups is 2. The van der Waals surface area contributed by atoms with E-state index in [1.165, 1.54) is 18.2 Å². The van der Waals surface area contributed by atoms with E-state index < -0.39 is 21.0 Å². The van der Waals surface area contributed by atoms with Gasteiger partial charge in [-0.05, 0) is 59.3 Å². The van der Waals surface area contributed by atoms with E-state index in [-0.39, 0.29) is 11.5 Å². The van der Waals surface area contributed by atoms with Gasteiger partial charge in [0.1, 0.15) is 11.5 Å². The molecule has 0 aromatic heterocycles. The number of rotatable bonds is 3. The van der Waals surface area contributed by atoms with Crippen LogP contribution in [0.5, 0.6) is 11.5 Å². The summed E-state index contributed by atoms with van der Waals surface area (Å²) < 4.78 is 31.9. The number of urea groups is 1. The number of carbonyl (C=O) groups is 1. The lowest BCUT2D eigenvalue weighted by molar-refractivity contribution is 0.262. The second kappa shape index (κ2) is 7.21. The minimum atomic E-state index is -4.49. The van der Waals surface area contributed by atoms with Crippen LogP contribution in [-0.2, 0) is 10.1 Å². The van der Waals surface area contributed by atoms with Crippen LogP contribution in [0.2, 0.25) is 0 Å². The molecule has 0 radical (unpaired) electrons. The van der Waals surface area contributed by atoms with Gasteiger partial charge in [-0.3, -0.25) is 4.55 Å². The number of carbonyl (C=O) groups excluding carboxylic acids is 1. The highest BCUT2D eigenvalue weighted by Gasteiger charge is 2.14. The van der Waals surface area contributed by atoms with Crippen molar-refractivity contribution in [3.8, 4) is 11.5 Å². The Morgan fingerprint density at radius 2 is 1.33 bits per heavy atom. The van der Waals surface area contributed by atoms with Crippen LogP contribution >= 0.6 is 0 Å². The minimum Gasteiger partial charge on any atom is -0.507 e. The van der Waals surface area contributed by atoms with Gasteiger partial charge >= 0.3 is 6.03 Å². The number of hydrogen-bond donors (Lipinski definition) is 5. The molecule has 5 N–H and O–H groups in total. The summed E-state index contributed by atoms with van der Waals surface area (Å²) in [5.74, 6) is -0.164. The first-order valence-electron chi connectivity index (χ1n) is 8.75. The summed E-state index contributed by atoms with van der Waals surface area (Å²) in [5, 5.41) is 27.2. The van der Waals surface area contributed by atoms with Crippen molar-refractivity contribution >= 4 is 49.1 Å². The molecule has 0 heterocycles. The van der Waals surface area contributed by atoms with Gasteiger partial charge in [-0.2, -0.15) is 8.42 Å². The monoisotopic (exact) mass is 424 g/mol. The van der Waals surface area contributed by atoms with Crippen LogP contribution in [0.1, 0.15) is 0 Å². The summed E-state index contributed by atoms with van der Waals surface area (Å²) >= 11 is 0. The number of hydrogen-bond acceptors (Lipinski definition) is 5. The Kier molecular flexibility index (Phi) is 4.69. The molecule has 4 aromatic rings. The lowest BCUT2D eigenvalue weighted by Gasteiger charge is -2.11. The van der Waals surface area contributed by atoms with Crippen LogP contribution in [0, 0.1) is 0 Å². The highest BCUT2D eigenvalue weighted by Crippen LogP contribution is 2.31. The second-order valence-electron chi connectivity index (χ2n) is 6.65. The molecule has 9 heteroatoms. The van der Waals surface area contributed by atoms with Gasteiger partial charge in [0.2, 0.25) is 0 Å². The normalized spacial score (nSPS) is 11.5. The number of fused-ring (bicyclic) bond motifs is 2. The summed E-state index contributed by atoms with van der Waals surface area (Å²) in [6, 6.07) is 16.3. The number of amides is 2. The van der Waals surface area contributed by atoms with Crippen molar-refractivity contribution in [2.24, 2.45) is 0 Å². The molecule has 0 atom stereocenters. The SMILES string of the molecule is O=C(Nc1ccc2c(O)cccc2c1)Nc1ccc2c(O)cc(S(=O)(=O)O)cc2c1. The molecule has 30 heavy (non-hydrogen) atoms. The summed E-state index contributed by atoms with van der Waals surface area (Å²) in [6.07, 6.45) is 0. The molecule has 4 rings (SSSR count). The zero-order valence-electron chi connectivity index (χ0n) is 15.3. The maximum atomic E-state index is 12.4. The molecular weight excluding hydrogens is 408 g/mol. The van der Waals surface area contributed by atoms with Crippen molar-refractivity contribution in [2.75, 3.05) is 10.6 Å². The summed E-state index contributed by atoms with van der Waals surface area (Å²) in [7, 11) is -4.49. The van der Waals surface area contributed by atoms with E-state index in [2.05, 4.69) is 10.6 Å². The molecule has 0 bridgehead atoms. The number of anilines is 2. The summed E-state index contributed by atoms with van der Waals surface area (Å²) in [6.45, 7) is 0. The van der Waals surface area contributed by atoms with Crippen molar-refractivity contribution in [1.82, 2.24) is 0 Å². The number of nitrogens with one attached hydrogen (secondary N) is 2. The van der Waals surface area contributed by atoms with Crippen molar-refractivity contribution in [2.45, 2.75) is 4.90 Å². The molecule has 0 unspecified atom stereocenters. The third-order valence-electron chi connectivity index (χ3n) is 4.58. The molecule has 0 saturated carbocycles. The molecule has 0 aliphatic rings. The molecule has 0 aliphatic carbocycles. The van der Waals surface area contributed by atoms with Crippen molar-refractivity contribution in [3.63, 3.8) is 0 Å². The Hall–Kier alpha value is -3.82. The lowest BCUT2D eigenvalue weighted by atomic mass is 10.1. The van der Waals surface area contributed by atoms with Crippen LogP contribution < -0.4 is 10.6 Å². The maximum Gasteiger partial charge on any atom is 0.323 e. The highest BCUT2D eigenvalue weighted by molar-refractivity contribution is 7.85.